The van der Waals surface area contributed by atoms with Crippen LogP contribution in [0.25, 0.3) is 0 Å². The van der Waals surface area contributed by atoms with Gasteiger partial charge in [0, 0.05) is 10.2 Å². The number of benzene rings is 2. The van der Waals surface area contributed by atoms with Crippen LogP contribution in [0, 0.1) is 0 Å². The first kappa shape index (κ1) is 18.3. The van der Waals surface area contributed by atoms with E-state index in [0.717, 1.165) is 16.3 Å². The number of carbonyl (C=O) groups is 1. The lowest BCUT2D eigenvalue weighted by Gasteiger charge is -2.12. The first-order valence-corrected chi connectivity index (χ1v) is 9.65. The van der Waals surface area contributed by atoms with Gasteiger partial charge in [-0.25, -0.2) is 8.42 Å². The second-order valence-electron chi connectivity index (χ2n) is 5.14. The Balaban J connectivity index is 2.12. The SMILES string of the molecule is COc1ccc(NC(=O)Cc2ccc(Br)cc2)cc1NS(C)(=O)=O. The number of anilines is 2. The van der Waals surface area contributed by atoms with Gasteiger partial charge in [-0.15, -0.1) is 0 Å². The van der Waals surface area contributed by atoms with Gasteiger partial charge in [0.2, 0.25) is 15.9 Å². The van der Waals surface area contributed by atoms with Crippen molar-refractivity contribution in [3.05, 3.63) is 52.5 Å². The molecule has 0 fully saturated rings. The molecule has 1 amide bonds. The summed E-state index contributed by atoms with van der Waals surface area (Å²) < 4.78 is 31.2. The molecule has 2 N–H and O–H groups in total. The molecule has 0 bridgehead atoms. The molecule has 2 rings (SSSR count). The second-order valence-corrected chi connectivity index (χ2v) is 7.80. The molecular weight excluding hydrogens is 396 g/mol. The van der Waals surface area contributed by atoms with Gasteiger partial charge in [-0.3, -0.25) is 9.52 Å². The van der Waals surface area contributed by atoms with Crippen LogP contribution in [-0.2, 0) is 21.2 Å². The smallest absolute Gasteiger partial charge is 0.229 e. The van der Waals surface area contributed by atoms with Gasteiger partial charge in [-0.05, 0) is 35.9 Å². The Bertz CT molecular complexity index is 836. The number of hydrogen-bond acceptors (Lipinski definition) is 4. The molecule has 0 heterocycles. The highest BCUT2D eigenvalue weighted by atomic mass is 79.9. The van der Waals surface area contributed by atoms with Crippen molar-refractivity contribution in [1.82, 2.24) is 0 Å². The summed E-state index contributed by atoms with van der Waals surface area (Å²) in [5.74, 6) is 0.166. The summed E-state index contributed by atoms with van der Waals surface area (Å²) in [6, 6.07) is 12.2. The Labute approximate surface area is 149 Å². The summed E-state index contributed by atoms with van der Waals surface area (Å²) in [5, 5.41) is 2.74. The largest absolute Gasteiger partial charge is 0.495 e. The minimum Gasteiger partial charge on any atom is -0.495 e. The number of rotatable bonds is 6. The maximum Gasteiger partial charge on any atom is 0.229 e. The molecule has 6 nitrogen and oxygen atoms in total. The van der Waals surface area contributed by atoms with Crippen LogP contribution < -0.4 is 14.8 Å². The van der Waals surface area contributed by atoms with Gasteiger partial charge >= 0.3 is 0 Å². The number of ether oxygens (including phenoxy) is 1. The number of methoxy groups -OCH3 is 1. The summed E-state index contributed by atoms with van der Waals surface area (Å²) in [4.78, 5) is 12.1. The molecule has 0 radical (unpaired) electrons. The predicted molar refractivity (Wildman–Crippen MR) is 97.9 cm³/mol. The molecule has 8 heteroatoms. The Hall–Kier alpha value is -2.06. The van der Waals surface area contributed by atoms with Crippen molar-refractivity contribution in [2.45, 2.75) is 6.42 Å². The number of halogens is 1. The molecule has 0 aliphatic carbocycles. The summed E-state index contributed by atoms with van der Waals surface area (Å²) in [7, 11) is -2.02. The van der Waals surface area contributed by atoms with Crippen molar-refractivity contribution in [3.8, 4) is 5.75 Å². The lowest BCUT2D eigenvalue weighted by Crippen LogP contribution is -2.15. The summed E-state index contributed by atoms with van der Waals surface area (Å²) in [5.41, 5.74) is 1.61. The van der Waals surface area contributed by atoms with Crippen LogP contribution in [0.5, 0.6) is 5.75 Å². The molecule has 0 spiro atoms. The normalized spacial score (nSPS) is 11.0. The molecule has 0 saturated carbocycles. The lowest BCUT2D eigenvalue weighted by molar-refractivity contribution is -0.115. The summed E-state index contributed by atoms with van der Waals surface area (Å²) >= 11 is 3.34. The molecule has 24 heavy (non-hydrogen) atoms. The van der Waals surface area contributed by atoms with Crippen molar-refractivity contribution in [2.75, 3.05) is 23.4 Å². The van der Waals surface area contributed by atoms with Gasteiger partial charge in [0.05, 0.1) is 25.5 Å². The third-order valence-electron chi connectivity index (χ3n) is 3.06. The van der Waals surface area contributed by atoms with Crippen LogP contribution in [0.3, 0.4) is 0 Å². The van der Waals surface area contributed by atoms with Crippen LogP contribution >= 0.6 is 15.9 Å². The fraction of sp³-hybridized carbons (Fsp3) is 0.188. The molecule has 0 saturated heterocycles. The lowest BCUT2D eigenvalue weighted by atomic mass is 10.1. The zero-order valence-corrected chi connectivity index (χ0v) is 15.6. The van der Waals surface area contributed by atoms with Crippen molar-refractivity contribution >= 4 is 43.2 Å². The van der Waals surface area contributed by atoms with E-state index in [1.807, 2.05) is 24.3 Å². The Kier molecular flexibility index (Phi) is 5.84. The number of hydrogen-bond donors (Lipinski definition) is 2. The number of amides is 1. The quantitative estimate of drug-likeness (QED) is 0.763. The monoisotopic (exact) mass is 412 g/mol. The molecule has 0 aliphatic heterocycles. The predicted octanol–water partition coefficient (Wildman–Crippen LogP) is 3.01. The third-order valence-corrected chi connectivity index (χ3v) is 4.18. The van der Waals surface area contributed by atoms with Crippen molar-refractivity contribution in [3.63, 3.8) is 0 Å². The Morgan fingerprint density at radius 2 is 1.83 bits per heavy atom. The van der Waals surface area contributed by atoms with Crippen molar-refractivity contribution in [2.24, 2.45) is 0 Å². The van der Waals surface area contributed by atoms with Crippen LogP contribution in [0.4, 0.5) is 11.4 Å². The van der Waals surface area contributed by atoms with Crippen LogP contribution in [0.2, 0.25) is 0 Å². The zero-order valence-electron chi connectivity index (χ0n) is 13.2. The highest BCUT2D eigenvalue weighted by molar-refractivity contribution is 9.10. The number of sulfonamides is 1. The topological polar surface area (TPSA) is 84.5 Å². The van der Waals surface area contributed by atoms with E-state index in [-0.39, 0.29) is 18.0 Å². The molecular formula is C16H17BrN2O4S. The van der Waals surface area contributed by atoms with Crippen LogP contribution in [0.1, 0.15) is 5.56 Å². The maximum atomic E-state index is 12.1. The molecule has 0 unspecified atom stereocenters. The van der Waals surface area contributed by atoms with E-state index in [2.05, 4.69) is 26.0 Å². The first-order chi connectivity index (χ1) is 11.3. The maximum absolute atomic E-state index is 12.1. The number of carbonyl (C=O) groups excluding carboxylic acids is 1. The van der Waals surface area contributed by atoms with E-state index in [9.17, 15) is 13.2 Å². The third kappa shape index (κ3) is 5.54. The average Bonchev–Trinajstić information content (AvgIpc) is 2.48. The second kappa shape index (κ2) is 7.67. The van der Waals surface area contributed by atoms with Gasteiger partial charge in [0.25, 0.3) is 0 Å². The molecule has 0 atom stereocenters. The summed E-state index contributed by atoms with van der Waals surface area (Å²) in [6.45, 7) is 0. The van der Waals surface area contributed by atoms with E-state index in [4.69, 9.17) is 4.74 Å². The summed E-state index contributed by atoms with van der Waals surface area (Å²) in [6.07, 6.45) is 1.26. The standard InChI is InChI=1S/C16H17BrN2O4S/c1-23-15-8-7-13(10-14(15)19-24(2,21)22)18-16(20)9-11-3-5-12(17)6-4-11/h3-8,10,19H,9H2,1-2H3,(H,18,20). The Morgan fingerprint density at radius 1 is 1.17 bits per heavy atom. The van der Waals surface area contributed by atoms with Gasteiger partial charge < -0.3 is 10.1 Å². The van der Waals surface area contributed by atoms with Gasteiger partial charge in [0.15, 0.2) is 0 Å². The molecule has 2 aromatic carbocycles. The average molecular weight is 413 g/mol. The van der Waals surface area contributed by atoms with E-state index in [1.54, 1.807) is 12.1 Å². The fourth-order valence-corrected chi connectivity index (χ4v) is 2.88. The minimum atomic E-state index is -3.45. The highest BCUT2D eigenvalue weighted by Crippen LogP contribution is 2.28. The van der Waals surface area contributed by atoms with Crippen molar-refractivity contribution in [1.29, 1.82) is 0 Å². The number of nitrogens with one attached hydrogen (secondary N) is 2. The molecule has 2 aromatic rings. The Morgan fingerprint density at radius 3 is 2.42 bits per heavy atom. The minimum absolute atomic E-state index is 0.201. The van der Waals surface area contributed by atoms with E-state index < -0.39 is 10.0 Å². The first-order valence-electron chi connectivity index (χ1n) is 6.97. The van der Waals surface area contributed by atoms with Gasteiger partial charge in [-0.2, -0.15) is 0 Å². The van der Waals surface area contributed by atoms with Crippen LogP contribution in [0.15, 0.2) is 46.9 Å². The van der Waals surface area contributed by atoms with Crippen molar-refractivity contribution < 1.29 is 17.9 Å². The van der Waals surface area contributed by atoms with Gasteiger partial charge in [0.1, 0.15) is 5.75 Å². The molecule has 0 aromatic heterocycles. The molecule has 0 aliphatic rings. The van der Waals surface area contributed by atoms with E-state index in [0.29, 0.717) is 11.4 Å². The van der Waals surface area contributed by atoms with Gasteiger partial charge in [-0.1, -0.05) is 28.1 Å². The fourth-order valence-electron chi connectivity index (χ4n) is 2.06. The van der Waals surface area contributed by atoms with E-state index >= 15 is 0 Å². The van der Waals surface area contributed by atoms with Crippen LogP contribution in [-0.4, -0.2) is 27.7 Å². The zero-order chi connectivity index (χ0) is 17.7. The van der Waals surface area contributed by atoms with E-state index in [1.165, 1.54) is 13.2 Å². The highest BCUT2D eigenvalue weighted by Gasteiger charge is 2.11. The molecule has 128 valence electrons.